The second-order valence-electron chi connectivity index (χ2n) is 7.38. The SMILES string of the molecule is CCNC(=NCc1nc(C(C)OCC)no1)NCC1(C(=O)N(C)C)CCCC1. The van der Waals surface area contributed by atoms with Crippen LogP contribution in [0.1, 0.15) is 64.3 Å². The molecule has 9 nitrogen and oxygen atoms in total. The van der Waals surface area contributed by atoms with Gasteiger partial charge in [-0.05, 0) is 33.6 Å². The van der Waals surface area contributed by atoms with Crippen LogP contribution in [-0.4, -0.2) is 60.7 Å². The van der Waals surface area contributed by atoms with E-state index < -0.39 is 0 Å². The molecule has 1 aromatic heterocycles. The van der Waals surface area contributed by atoms with Gasteiger partial charge in [-0.3, -0.25) is 4.79 Å². The maximum Gasteiger partial charge on any atom is 0.248 e. The van der Waals surface area contributed by atoms with Crippen LogP contribution >= 0.6 is 0 Å². The number of nitrogens with one attached hydrogen (secondary N) is 2. The van der Waals surface area contributed by atoms with Gasteiger partial charge in [0.25, 0.3) is 0 Å². The molecule has 1 unspecified atom stereocenters. The number of hydrogen-bond donors (Lipinski definition) is 2. The number of amides is 1. The molecule has 0 aliphatic heterocycles. The van der Waals surface area contributed by atoms with Gasteiger partial charge in [-0.25, -0.2) is 4.99 Å². The molecule has 28 heavy (non-hydrogen) atoms. The largest absolute Gasteiger partial charge is 0.371 e. The van der Waals surface area contributed by atoms with Crippen LogP contribution in [0, 0.1) is 5.41 Å². The molecule has 1 fully saturated rings. The van der Waals surface area contributed by atoms with Gasteiger partial charge >= 0.3 is 0 Å². The number of guanidine groups is 1. The fraction of sp³-hybridized carbons (Fsp3) is 0.789. The molecule has 2 N–H and O–H groups in total. The highest BCUT2D eigenvalue weighted by Crippen LogP contribution is 2.38. The van der Waals surface area contributed by atoms with Crippen molar-refractivity contribution in [3.05, 3.63) is 11.7 Å². The first-order valence-electron chi connectivity index (χ1n) is 10.1. The molecule has 0 aromatic carbocycles. The first-order valence-corrected chi connectivity index (χ1v) is 10.1. The first kappa shape index (κ1) is 22.1. The third-order valence-electron chi connectivity index (χ3n) is 5.00. The van der Waals surface area contributed by atoms with Crippen LogP contribution in [0.25, 0.3) is 0 Å². The maximum absolute atomic E-state index is 12.7. The quantitative estimate of drug-likeness (QED) is 0.486. The van der Waals surface area contributed by atoms with E-state index in [0.717, 1.165) is 32.2 Å². The Hall–Kier alpha value is -2.16. The van der Waals surface area contributed by atoms with Crippen molar-refractivity contribution < 1.29 is 14.1 Å². The summed E-state index contributed by atoms with van der Waals surface area (Å²) in [5.74, 6) is 1.77. The average molecular weight is 395 g/mol. The summed E-state index contributed by atoms with van der Waals surface area (Å²) in [5.41, 5.74) is -0.357. The van der Waals surface area contributed by atoms with E-state index in [9.17, 15) is 4.79 Å². The van der Waals surface area contributed by atoms with E-state index in [1.165, 1.54) is 0 Å². The minimum atomic E-state index is -0.357. The predicted molar refractivity (Wildman–Crippen MR) is 107 cm³/mol. The Morgan fingerprint density at radius 1 is 1.32 bits per heavy atom. The third-order valence-corrected chi connectivity index (χ3v) is 5.00. The Labute approximate surface area is 167 Å². The average Bonchev–Trinajstić information content (AvgIpc) is 3.34. The van der Waals surface area contributed by atoms with E-state index >= 15 is 0 Å². The van der Waals surface area contributed by atoms with Crippen molar-refractivity contribution in [3.8, 4) is 0 Å². The molecule has 1 atom stereocenters. The van der Waals surface area contributed by atoms with Gasteiger partial charge in [0.1, 0.15) is 12.6 Å². The summed E-state index contributed by atoms with van der Waals surface area (Å²) in [6.07, 6.45) is 3.75. The zero-order chi connectivity index (χ0) is 20.6. The zero-order valence-electron chi connectivity index (χ0n) is 17.7. The minimum Gasteiger partial charge on any atom is -0.371 e. The molecular formula is C19H34N6O3. The number of aromatic nitrogens is 2. The maximum atomic E-state index is 12.7. The summed E-state index contributed by atoms with van der Waals surface area (Å²) >= 11 is 0. The molecule has 9 heteroatoms. The summed E-state index contributed by atoms with van der Waals surface area (Å²) in [5, 5.41) is 10.5. The Kier molecular flexibility index (Phi) is 8.22. The molecule has 1 aromatic rings. The molecule has 158 valence electrons. The fourth-order valence-corrected chi connectivity index (χ4v) is 3.56. The molecule has 1 amide bonds. The number of ether oxygens (including phenoxy) is 1. The van der Waals surface area contributed by atoms with E-state index in [1.807, 2.05) is 34.9 Å². The number of aliphatic imine (C=N–C) groups is 1. The minimum absolute atomic E-state index is 0.180. The molecule has 1 saturated carbocycles. The standard InChI is InChI=1S/C19H34N6O3/c1-6-20-18(21-12-15-23-16(24-28-15)14(3)27-7-2)22-13-19(10-8-9-11-19)17(26)25(4)5/h14H,6-13H2,1-5H3,(H2,20,21,22). The van der Waals surface area contributed by atoms with Gasteiger partial charge in [0.05, 0.1) is 5.41 Å². The third kappa shape index (κ3) is 5.67. The first-order chi connectivity index (χ1) is 13.4. The molecular weight excluding hydrogens is 360 g/mol. The monoisotopic (exact) mass is 394 g/mol. The Morgan fingerprint density at radius 3 is 2.64 bits per heavy atom. The normalized spacial score (nSPS) is 17.4. The lowest BCUT2D eigenvalue weighted by molar-refractivity contribution is -0.138. The second kappa shape index (κ2) is 10.4. The van der Waals surface area contributed by atoms with Gasteiger partial charge in [0.2, 0.25) is 11.8 Å². The summed E-state index contributed by atoms with van der Waals surface area (Å²) in [7, 11) is 3.64. The van der Waals surface area contributed by atoms with Crippen LogP contribution in [0.15, 0.2) is 9.52 Å². The van der Waals surface area contributed by atoms with Crippen molar-refractivity contribution in [2.75, 3.05) is 33.8 Å². The van der Waals surface area contributed by atoms with Crippen molar-refractivity contribution in [2.24, 2.45) is 10.4 Å². The van der Waals surface area contributed by atoms with Crippen LogP contribution in [0.2, 0.25) is 0 Å². The summed E-state index contributed by atoms with van der Waals surface area (Å²) in [6.45, 7) is 7.94. The second-order valence-corrected chi connectivity index (χ2v) is 7.38. The smallest absolute Gasteiger partial charge is 0.248 e. The van der Waals surface area contributed by atoms with E-state index in [0.29, 0.717) is 30.8 Å². The number of carbonyl (C=O) groups excluding carboxylic acids is 1. The number of nitrogens with zero attached hydrogens (tertiary/aromatic N) is 4. The van der Waals surface area contributed by atoms with Gasteiger partial charge in [0, 0.05) is 33.8 Å². The van der Waals surface area contributed by atoms with Crippen LogP contribution in [0.4, 0.5) is 0 Å². The molecule has 0 spiro atoms. The predicted octanol–water partition coefficient (Wildman–Crippen LogP) is 1.87. The van der Waals surface area contributed by atoms with Gasteiger partial charge in [0.15, 0.2) is 11.8 Å². The van der Waals surface area contributed by atoms with Crippen molar-refractivity contribution in [2.45, 2.75) is 59.1 Å². The highest BCUT2D eigenvalue weighted by molar-refractivity contribution is 5.85. The summed E-state index contributed by atoms with van der Waals surface area (Å²) in [6, 6.07) is 0. The highest BCUT2D eigenvalue weighted by atomic mass is 16.5. The van der Waals surface area contributed by atoms with Crippen LogP contribution in [0.3, 0.4) is 0 Å². The molecule has 0 saturated heterocycles. The van der Waals surface area contributed by atoms with E-state index in [2.05, 4.69) is 25.8 Å². The Morgan fingerprint density at radius 2 is 2.04 bits per heavy atom. The summed E-state index contributed by atoms with van der Waals surface area (Å²) in [4.78, 5) is 23.3. The number of rotatable bonds is 9. The topological polar surface area (TPSA) is 105 Å². The van der Waals surface area contributed by atoms with Gasteiger partial charge in [-0.1, -0.05) is 18.0 Å². The van der Waals surface area contributed by atoms with Crippen LogP contribution in [0.5, 0.6) is 0 Å². The van der Waals surface area contributed by atoms with E-state index in [-0.39, 0.29) is 24.0 Å². The van der Waals surface area contributed by atoms with Gasteiger partial charge < -0.3 is 24.8 Å². The van der Waals surface area contributed by atoms with Crippen molar-refractivity contribution in [1.82, 2.24) is 25.7 Å². The van der Waals surface area contributed by atoms with Crippen molar-refractivity contribution >= 4 is 11.9 Å². The molecule has 1 heterocycles. The van der Waals surface area contributed by atoms with Crippen LogP contribution in [-0.2, 0) is 16.1 Å². The number of hydrogen-bond acceptors (Lipinski definition) is 6. The van der Waals surface area contributed by atoms with Gasteiger partial charge in [-0.15, -0.1) is 0 Å². The zero-order valence-corrected chi connectivity index (χ0v) is 17.7. The lowest BCUT2D eigenvalue weighted by Gasteiger charge is -2.31. The summed E-state index contributed by atoms with van der Waals surface area (Å²) < 4.78 is 10.7. The lowest BCUT2D eigenvalue weighted by Crippen LogP contribution is -2.49. The lowest BCUT2D eigenvalue weighted by atomic mass is 9.84. The molecule has 0 bridgehead atoms. The Bertz CT molecular complexity index is 652. The van der Waals surface area contributed by atoms with E-state index in [4.69, 9.17) is 9.26 Å². The molecule has 2 rings (SSSR count). The molecule has 1 aliphatic carbocycles. The van der Waals surface area contributed by atoms with Gasteiger partial charge in [-0.2, -0.15) is 4.98 Å². The number of carbonyl (C=O) groups is 1. The van der Waals surface area contributed by atoms with Crippen molar-refractivity contribution in [3.63, 3.8) is 0 Å². The fourth-order valence-electron chi connectivity index (χ4n) is 3.56. The highest BCUT2D eigenvalue weighted by Gasteiger charge is 2.42. The molecule has 0 radical (unpaired) electrons. The van der Waals surface area contributed by atoms with Crippen molar-refractivity contribution in [1.29, 1.82) is 0 Å². The molecule has 1 aliphatic rings. The Balaban J connectivity index is 2.01. The van der Waals surface area contributed by atoms with Crippen LogP contribution < -0.4 is 10.6 Å². The van der Waals surface area contributed by atoms with E-state index in [1.54, 1.807) is 4.90 Å².